The largest absolute Gasteiger partial charge is 0.382 e. The summed E-state index contributed by atoms with van der Waals surface area (Å²) < 4.78 is 37.0. The van der Waals surface area contributed by atoms with E-state index in [0.29, 0.717) is 37.1 Å². The third kappa shape index (κ3) is 6.05. The van der Waals surface area contributed by atoms with Gasteiger partial charge in [-0.3, -0.25) is 0 Å². The molecule has 6 nitrogen and oxygen atoms in total. The molecule has 0 spiro atoms. The lowest BCUT2D eigenvalue weighted by molar-refractivity contribution is 0.141. The van der Waals surface area contributed by atoms with Crippen molar-refractivity contribution in [3.05, 3.63) is 52.5 Å². The lowest BCUT2D eigenvalue weighted by atomic mass is 10.0. The molecule has 2 heterocycles. The predicted octanol–water partition coefficient (Wildman–Crippen LogP) is 5.94. The molecule has 184 valence electrons. The molecular weight excluding hydrogens is 534 g/mol. The summed E-state index contributed by atoms with van der Waals surface area (Å²) in [6, 6.07) is 13.7. The summed E-state index contributed by atoms with van der Waals surface area (Å²) >= 11 is 5.16. The van der Waals surface area contributed by atoms with E-state index in [1.807, 2.05) is 25.1 Å². The minimum Gasteiger partial charge on any atom is -0.382 e. The van der Waals surface area contributed by atoms with Gasteiger partial charge in [0.1, 0.15) is 0 Å². The van der Waals surface area contributed by atoms with E-state index in [0.717, 1.165) is 52.2 Å². The Labute approximate surface area is 215 Å². The van der Waals surface area contributed by atoms with E-state index in [-0.39, 0.29) is 0 Å². The summed E-state index contributed by atoms with van der Waals surface area (Å²) in [6.07, 6.45) is 2.86. The standard InChI is InChI=1S/C25H32BrN3O3S2/c1-3-32-15-5-14-29-24-12-11-22(34(30,31)28-13-4-6-19(2)17-28)16-23(24)27-25(29)33-18-20-7-9-21(26)10-8-20/h7-12,16,19H,3-6,13-15,17-18H2,1-2H3/t19-/m1/s1. The highest BCUT2D eigenvalue weighted by Gasteiger charge is 2.29. The van der Waals surface area contributed by atoms with Gasteiger partial charge in [-0.15, -0.1) is 0 Å². The quantitative estimate of drug-likeness (QED) is 0.225. The molecule has 0 aliphatic carbocycles. The van der Waals surface area contributed by atoms with Crippen LogP contribution in [-0.2, 0) is 27.1 Å². The maximum atomic E-state index is 13.3. The second-order valence-electron chi connectivity index (χ2n) is 8.77. The number of aryl methyl sites for hydroxylation is 1. The molecule has 9 heteroatoms. The highest BCUT2D eigenvalue weighted by Crippen LogP contribution is 2.30. The molecule has 0 bridgehead atoms. The molecule has 0 amide bonds. The van der Waals surface area contributed by atoms with Crippen LogP contribution in [0.25, 0.3) is 11.0 Å². The number of benzene rings is 2. The first-order chi connectivity index (χ1) is 16.4. The van der Waals surface area contributed by atoms with Gasteiger partial charge in [0.15, 0.2) is 5.16 Å². The molecule has 1 fully saturated rings. The smallest absolute Gasteiger partial charge is 0.243 e. The monoisotopic (exact) mass is 565 g/mol. The minimum absolute atomic E-state index is 0.331. The zero-order valence-corrected chi connectivity index (χ0v) is 23.0. The number of fused-ring (bicyclic) bond motifs is 1. The Morgan fingerprint density at radius 2 is 2.00 bits per heavy atom. The van der Waals surface area contributed by atoms with Crippen LogP contribution >= 0.6 is 27.7 Å². The van der Waals surface area contributed by atoms with Gasteiger partial charge >= 0.3 is 0 Å². The second kappa shape index (κ2) is 11.6. The van der Waals surface area contributed by atoms with Gasteiger partial charge in [0.25, 0.3) is 0 Å². The maximum absolute atomic E-state index is 13.3. The first kappa shape index (κ1) is 25.7. The molecule has 0 radical (unpaired) electrons. The lowest BCUT2D eigenvalue weighted by Gasteiger charge is -2.30. The maximum Gasteiger partial charge on any atom is 0.243 e. The van der Waals surface area contributed by atoms with Crippen molar-refractivity contribution in [2.75, 3.05) is 26.3 Å². The number of nitrogens with zero attached hydrogens (tertiary/aromatic N) is 3. The molecule has 1 aliphatic heterocycles. The highest BCUT2D eigenvalue weighted by molar-refractivity contribution is 9.10. The van der Waals surface area contributed by atoms with E-state index < -0.39 is 10.0 Å². The number of rotatable bonds is 10. The van der Waals surface area contributed by atoms with Crippen LogP contribution < -0.4 is 0 Å². The molecule has 1 atom stereocenters. The zero-order valence-electron chi connectivity index (χ0n) is 19.7. The number of thioether (sulfide) groups is 1. The van der Waals surface area contributed by atoms with E-state index in [1.165, 1.54) is 5.56 Å². The Balaban J connectivity index is 1.62. The van der Waals surface area contributed by atoms with E-state index in [2.05, 4.69) is 39.6 Å². The second-order valence-corrected chi connectivity index (χ2v) is 12.6. The van der Waals surface area contributed by atoms with Crippen LogP contribution in [0.1, 0.15) is 38.7 Å². The van der Waals surface area contributed by atoms with Crippen molar-refractivity contribution in [1.29, 1.82) is 0 Å². The summed E-state index contributed by atoms with van der Waals surface area (Å²) in [5.74, 6) is 1.18. The first-order valence-electron chi connectivity index (χ1n) is 11.8. The van der Waals surface area contributed by atoms with Gasteiger partial charge in [0, 0.05) is 43.1 Å². The van der Waals surface area contributed by atoms with E-state index in [9.17, 15) is 8.42 Å². The van der Waals surface area contributed by atoms with E-state index in [4.69, 9.17) is 9.72 Å². The van der Waals surface area contributed by atoms with Gasteiger partial charge in [-0.2, -0.15) is 4.31 Å². The number of halogens is 1. The first-order valence-corrected chi connectivity index (χ1v) is 15.1. The Kier molecular flexibility index (Phi) is 8.74. The summed E-state index contributed by atoms with van der Waals surface area (Å²) in [6.45, 7) is 7.44. The number of ether oxygens (including phenoxy) is 1. The van der Waals surface area contributed by atoms with Gasteiger partial charge < -0.3 is 9.30 Å². The van der Waals surface area contributed by atoms with Gasteiger partial charge in [-0.05, 0) is 68.0 Å². The van der Waals surface area contributed by atoms with Crippen LogP contribution in [0.4, 0.5) is 0 Å². The molecule has 0 saturated carbocycles. The number of aromatic nitrogens is 2. The van der Waals surface area contributed by atoms with Crippen molar-refractivity contribution in [3.63, 3.8) is 0 Å². The van der Waals surface area contributed by atoms with Crippen molar-refractivity contribution in [2.45, 2.75) is 55.5 Å². The average molecular weight is 567 g/mol. The lowest BCUT2D eigenvalue weighted by Crippen LogP contribution is -2.39. The van der Waals surface area contributed by atoms with Crippen LogP contribution in [0.3, 0.4) is 0 Å². The molecule has 2 aromatic carbocycles. The van der Waals surface area contributed by atoms with Gasteiger partial charge in [0.2, 0.25) is 10.0 Å². The van der Waals surface area contributed by atoms with Crippen LogP contribution in [0.5, 0.6) is 0 Å². The fourth-order valence-electron chi connectivity index (χ4n) is 4.29. The van der Waals surface area contributed by atoms with Crippen LogP contribution in [-0.4, -0.2) is 48.6 Å². The summed E-state index contributed by atoms with van der Waals surface area (Å²) in [5.41, 5.74) is 2.89. The average Bonchev–Trinajstić information content (AvgIpc) is 3.18. The van der Waals surface area contributed by atoms with Crippen molar-refractivity contribution in [2.24, 2.45) is 5.92 Å². The van der Waals surface area contributed by atoms with Crippen LogP contribution in [0.2, 0.25) is 0 Å². The molecule has 4 rings (SSSR count). The minimum atomic E-state index is -3.52. The summed E-state index contributed by atoms with van der Waals surface area (Å²) in [4.78, 5) is 5.20. The molecule has 1 saturated heterocycles. The van der Waals surface area contributed by atoms with Crippen molar-refractivity contribution >= 4 is 48.7 Å². The fraction of sp³-hybridized carbons (Fsp3) is 0.480. The third-order valence-corrected chi connectivity index (χ3v) is 9.54. The Hall–Kier alpha value is -1.39. The normalized spacial score (nSPS) is 17.4. The number of imidazole rings is 1. The molecule has 34 heavy (non-hydrogen) atoms. The van der Waals surface area contributed by atoms with Crippen LogP contribution in [0, 0.1) is 5.92 Å². The highest BCUT2D eigenvalue weighted by atomic mass is 79.9. The zero-order chi connectivity index (χ0) is 24.1. The van der Waals surface area contributed by atoms with Crippen LogP contribution in [0.15, 0.2) is 57.0 Å². The summed E-state index contributed by atoms with van der Waals surface area (Å²) in [5, 5.41) is 0.899. The van der Waals surface area contributed by atoms with E-state index >= 15 is 0 Å². The molecule has 0 unspecified atom stereocenters. The molecular formula is C25H32BrN3O3S2. The van der Waals surface area contributed by atoms with Crippen molar-refractivity contribution < 1.29 is 13.2 Å². The van der Waals surface area contributed by atoms with Crippen molar-refractivity contribution in [1.82, 2.24) is 13.9 Å². The number of piperidine rings is 1. The predicted molar refractivity (Wildman–Crippen MR) is 142 cm³/mol. The summed E-state index contributed by atoms with van der Waals surface area (Å²) in [7, 11) is -3.52. The Morgan fingerprint density at radius 3 is 2.74 bits per heavy atom. The van der Waals surface area contributed by atoms with Gasteiger partial charge in [-0.1, -0.05) is 46.7 Å². The molecule has 1 aliphatic rings. The number of hydrogen-bond donors (Lipinski definition) is 0. The number of sulfonamides is 1. The molecule has 0 N–H and O–H groups in total. The Morgan fingerprint density at radius 1 is 1.21 bits per heavy atom. The third-order valence-electron chi connectivity index (χ3n) is 6.10. The number of hydrogen-bond acceptors (Lipinski definition) is 5. The van der Waals surface area contributed by atoms with Gasteiger partial charge in [0.05, 0.1) is 15.9 Å². The fourth-order valence-corrected chi connectivity index (χ4v) is 7.17. The molecule has 1 aromatic heterocycles. The topological polar surface area (TPSA) is 64.4 Å². The molecule has 3 aromatic rings. The Bertz CT molecular complexity index is 1210. The van der Waals surface area contributed by atoms with E-state index in [1.54, 1.807) is 28.2 Å². The SMILES string of the molecule is CCOCCCn1c(SCc2ccc(Br)cc2)nc2cc(S(=O)(=O)N3CCC[C@@H](C)C3)ccc21. The van der Waals surface area contributed by atoms with Crippen molar-refractivity contribution in [3.8, 4) is 0 Å². The van der Waals surface area contributed by atoms with Gasteiger partial charge in [-0.25, -0.2) is 13.4 Å².